The summed E-state index contributed by atoms with van der Waals surface area (Å²) in [6, 6.07) is 8.33. The Labute approximate surface area is 83.1 Å². The van der Waals surface area contributed by atoms with Crippen molar-refractivity contribution in [1.82, 2.24) is 5.32 Å². The van der Waals surface area contributed by atoms with Gasteiger partial charge < -0.3 is 5.32 Å². The molecule has 0 aromatic heterocycles. The van der Waals surface area contributed by atoms with Gasteiger partial charge in [-0.05, 0) is 36.6 Å². The summed E-state index contributed by atoms with van der Waals surface area (Å²) in [7, 11) is 0. The van der Waals surface area contributed by atoms with E-state index in [0.717, 1.165) is 17.5 Å². The first-order valence-corrected chi connectivity index (χ1v) is 5.16. The Kier molecular flexibility index (Phi) is 1.50. The first-order chi connectivity index (χ1) is 6.31. The van der Waals surface area contributed by atoms with E-state index in [1.54, 1.807) is 0 Å². The van der Waals surface area contributed by atoms with E-state index in [-0.39, 0.29) is 0 Å². The summed E-state index contributed by atoms with van der Waals surface area (Å²) in [6.07, 6.45) is 1.35. The molecule has 1 aromatic rings. The molecule has 1 unspecified atom stereocenters. The number of piperidine rings is 1. The number of rotatable bonds is 1. The van der Waals surface area contributed by atoms with Crippen molar-refractivity contribution in [2.75, 3.05) is 13.1 Å². The zero-order valence-electron chi connectivity index (χ0n) is 7.39. The van der Waals surface area contributed by atoms with Gasteiger partial charge in [-0.25, -0.2) is 0 Å². The fraction of sp³-hybridized carbons (Fsp3) is 0.455. The highest BCUT2D eigenvalue weighted by atomic mass is 35.5. The molecule has 2 aliphatic rings. The molecule has 2 atom stereocenters. The van der Waals surface area contributed by atoms with Crippen molar-refractivity contribution in [3.05, 3.63) is 34.9 Å². The van der Waals surface area contributed by atoms with Gasteiger partial charge in [-0.3, -0.25) is 0 Å². The average molecular weight is 194 g/mol. The molecule has 1 saturated carbocycles. The van der Waals surface area contributed by atoms with Crippen LogP contribution < -0.4 is 5.32 Å². The SMILES string of the molecule is Clc1cccc(C23CNC[C@H]2C3)c1. The lowest BCUT2D eigenvalue weighted by Gasteiger charge is -2.11. The van der Waals surface area contributed by atoms with Crippen molar-refractivity contribution in [2.45, 2.75) is 11.8 Å². The predicted molar refractivity (Wildman–Crippen MR) is 54.1 cm³/mol. The summed E-state index contributed by atoms with van der Waals surface area (Å²) >= 11 is 5.98. The third-order valence-corrected chi connectivity index (χ3v) is 3.70. The van der Waals surface area contributed by atoms with Crippen LogP contribution in [-0.2, 0) is 5.41 Å². The number of benzene rings is 1. The van der Waals surface area contributed by atoms with Gasteiger partial charge in [-0.1, -0.05) is 23.7 Å². The third-order valence-electron chi connectivity index (χ3n) is 3.46. The summed E-state index contributed by atoms with van der Waals surface area (Å²) < 4.78 is 0. The Balaban J connectivity index is 2.01. The summed E-state index contributed by atoms with van der Waals surface area (Å²) in [6.45, 7) is 2.32. The standard InChI is InChI=1S/C11H12ClN/c12-10-3-1-2-8(4-10)11-5-9(11)6-13-7-11/h1-4,9,13H,5-7H2/t9-,11?/m1/s1. The lowest BCUT2D eigenvalue weighted by atomic mass is 9.95. The highest BCUT2D eigenvalue weighted by Crippen LogP contribution is 2.56. The van der Waals surface area contributed by atoms with Crippen LogP contribution in [0, 0.1) is 5.92 Å². The monoisotopic (exact) mass is 193 g/mol. The highest BCUT2D eigenvalue weighted by Gasteiger charge is 2.57. The summed E-state index contributed by atoms with van der Waals surface area (Å²) in [4.78, 5) is 0. The first-order valence-electron chi connectivity index (χ1n) is 4.78. The van der Waals surface area contributed by atoms with Gasteiger partial charge in [0, 0.05) is 17.0 Å². The minimum absolute atomic E-state index is 0.449. The van der Waals surface area contributed by atoms with Crippen LogP contribution in [0.3, 0.4) is 0 Å². The molecule has 1 aliphatic heterocycles. The first kappa shape index (κ1) is 7.84. The van der Waals surface area contributed by atoms with E-state index in [4.69, 9.17) is 11.6 Å². The van der Waals surface area contributed by atoms with Crippen LogP contribution in [-0.4, -0.2) is 13.1 Å². The van der Waals surface area contributed by atoms with Crippen LogP contribution in [0.15, 0.2) is 24.3 Å². The molecule has 68 valence electrons. The second kappa shape index (κ2) is 2.49. The maximum atomic E-state index is 5.98. The maximum absolute atomic E-state index is 5.98. The van der Waals surface area contributed by atoms with Gasteiger partial charge in [0.25, 0.3) is 0 Å². The number of hydrogen-bond acceptors (Lipinski definition) is 1. The molecule has 1 N–H and O–H groups in total. The molecule has 1 nitrogen and oxygen atoms in total. The summed E-state index contributed by atoms with van der Waals surface area (Å²) in [5, 5.41) is 4.30. The van der Waals surface area contributed by atoms with Crippen molar-refractivity contribution in [3.8, 4) is 0 Å². The van der Waals surface area contributed by atoms with E-state index >= 15 is 0 Å². The molecule has 0 amide bonds. The third kappa shape index (κ3) is 1.04. The molecule has 0 radical (unpaired) electrons. The van der Waals surface area contributed by atoms with Crippen LogP contribution in [0.1, 0.15) is 12.0 Å². The second-order valence-electron chi connectivity index (χ2n) is 4.20. The number of halogens is 1. The number of fused-ring (bicyclic) bond motifs is 1. The summed E-state index contributed by atoms with van der Waals surface area (Å²) in [5.74, 6) is 0.867. The predicted octanol–water partition coefficient (Wildman–Crippen LogP) is 2.20. The fourth-order valence-electron chi connectivity index (χ4n) is 2.59. The van der Waals surface area contributed by atoms with Gasteiger partial charge in [0.2, 0.25) is 0 Å². The van der Waals surface area contributed by atoms with Crippen molar-refractivity contribution < 1.29 is 0 Å². The molecule has 2 heteroatoms. The van der Waals surface area contributed by atoms with E-state index in [9.17, 15) is 0 Å². The topological polar surface area (TPSA) is 12.0 Å². The average Bonchev–Trinajstić information content (AvgIpc) is 2.70. The minimum atomic E-state index is 0.449. The van der Waals surface area contributed by atoms with Gasteiger partial charge in [0.05, 0.1) is 0 Å². The van der Waals surface area contributed by atoms with E-state index in [2.05, 4.69) is 23.5 Å². The van der Waals surface area contributed by atoms with Crippen LogP contribution in [0.2, 0.25) is 5.02 Å². The molecular weight excluding hydrogens is 182 g/mol. The van der Waals surface area contributed by atoms with Crippen molar-refractivity contribution >= 4 is 11.6 Å². The van der Waals surface area contributed by atoms with Crippen LogP contribution >= 0.6 is 11.6 Å². The zero-order valence-corrected chi connectivity index (χ0v) is 8.14. The minimum Gasteiger partial charge on any atom is -0.316 e. The van der Waals surface area contributed by atoms with Gasteiger partial charge in [0.15, 0.2) is 0 Å². The zero-order chi connectivity index (χ0) is 8.89. The Bertz CT molecular complexity index is 350. The van der Waals surface area contributed by atoms with Gasteiger partial charge >= 0.3 is 0 Å². The quantitative estimate of drug-likeness (QED) is 0.721. The van der Waals surface area contributed by atoms with Gasteiger partial charge in [0.1, 0.15) is 0 Å². The Morgan fingerprint density at radius 1 is 1.46 bits per heavy atom. The Morgan fingerprint density at radius 3 is 3.00 bits per heavy atom. The largest absolute Gasteiger partial charge is 0.316 e. The second-order valence-corrected chi connectivity index (χ2v) is 4.63. The molecular formula is C11H12ClN. The molecule has 2 fully saturated rings. The Morgan fingerprint density at radius 2 is 2.38 bits per heavy atom. The maximum Gasteiger partial charge on any atom is 0.0408 e. The molecule has 0 bridgehead atoms. The van der Waals surface area contributed by atoms with E-state index in [1.165, 1.54) is 18.5 Å². The number of nitrogens with one attached hydrogen (secondary N) is 1. The lowest BCUT2D eigenvalue weighted by molar-refractivity contribution is 0.676. The molecule has 1 aliphatic carbocycles. The van der Waals surface area contributed by atoms with Crippen LogP contribution in [0.5, 0.6) is 0 Å². The van der Waals surface area contributed by atoms with E-state index in [1.807, 2.05) is 6.07 Å². The van der Waals surface area contributed by atoms with Crippen LogP contribution in [0.4, 0.5) is 0 Å². The van der Waals surface area contributed by atoms with Crippen LogP contribution in [0.25, 0.3) is 0 Å². The van der Waals surface area contributed by atoms with E-state index in [0.29, 0.717) is 5.41 Å². The fourth-order valence-corrected chi connectivity index (χ4v) is 2.78. The molecule has 0 spiro atoms. The Hall–Kier alpha value is -0.530. The van der Waals surface area contributed by atoms with Gasteiger partial charge in [-0.15, -0.1) is 0 Å². The van der Waals surface area contributed by atoms with Crippen molar-refractivity contribution in [2.24, 2.45) is 5.92 Å². The molecule has 1 saturated heterocycles. The highest BCUT2D eigenvalue weighted by molar-refractivity contribution is 6.30. The van der Waals surface area contributed by atoms with E-state index < -0.39 is 0 Å². The number of hydrogen-bond donors (Lipinski definition) is 1. The van der Waals surface area contributed by atoms with Crippen molar-refractivity contribution in [3.63, 3.8) is 0 Å². The molecule has 13 heavy (non-hydrogen) atoms. The molecule has 1 aromatic carbocycles. The normalized spacial score (nSPS) is 35.9. The molecule has 1 heterocycles. The summed E-state index contributed by atoms with van der Waals surface area (Å²) in [5.41, 5.74) is 1.88. The lowest BCUT2D eigenvalue weighted by Crippen LogP contribution is -2.19. The smallest absolute Gasteiger partial charge is 0.0408 e. The molecule has 3 rings (SSSR count). The van der Waals surface area contributed by atoms with Gasteiger partial charge in [-0.2, -0.15) is 0 Å². The van der Waals surface area contributed by atoms with Crippen molar-refractivity contribution in [1.29, 1.82) is 0 Å².